The number of carbonyl (C=O) groups is 2. The van der Waals surface area contributed by atoms with E-state index in [-0.39, 0.29) is 17.8 Å². The second-order valence-corrected chi connectivity index (χ2v) is 6.42. The van der Waals surface area contributed by atoms with Crippen LogP contribution in [0.15, 0.2) is 24.3 Å². The lowest BCUT2D eigenvalue weighted by atomic mass is 9.98. The summed E-state index contributed by atoms with van der Waals surface area (Å²) < 4.78 is 10.3. The summed E-state index contributed by atoms with van der Waals surface area (Å²) in [4.78, 5) is 28.2. The minimum absolute atomic E-state index is 0.0559. The van der Waals surface area contributed by atoms with Crippen LogP contribution in [0.25, 0.3) is 0 Å². The van der Waals surface area contributed by atoms with Crippen molar-refractivity contribution in [3.63, 3.8) is 0 Å². The predicted molar refractivity (Wildman–Crippen MR) is 95.3 cm³/mol. The molecular weight excluding hydrogens is 320 g/mol. The van der Waals surface area contributed by atoms with Gasteiger partial charge in [0.25, 0.3) is 0 Å². The Morgan fingerprint density at radius 3 is 2.64 bits per heavy atom. The number of rotatable bonds is 7. The van der Waals surface area contributed by atoms with Crippen molar-refractivity contribution in [2.75, 3.05) is 40.4 Å². The molecule has 0 saturated carbocycles. The van der Waals surface area contributed by atoms with Crippen molar-refractivity contribution in [3.05, 3.63) is 29.8 Å². The molecule has 0 bridgehead atoms. The van der Waals surface area contributed by atoms with E-state index in [1.54, 1.807) is 19.1 Å². The molecule has 1 aromatic carbocycles. The molecule has 0 radical (unpaired) electrons. The molecule has 1 aliphatic heterocycles. The lowest BCUT2D eigenvalue weighted by Crippen LogP contribution is -2.44. The van der Waals surface area contributed by atoms with Crippen LogP contribution in [0, 0.1) is 5.92 Å². The van der Waals surface area contributed by atoms with E-state index in [0.29, 0.717) is 26.2 Å². The van der Waals surface area contributed by atoms with E-state index in [9.17, 15) is 9.59 Å². The molecule has 1 atom stereocenters. The molecule has 1 saturated heterocycles. The van der Waals surface area contributed by atoms with Gasteiger partial charge in [0, 0.05) is 20.1 Å². The minimum Gasteiger partial charge on any atom is -0.497 e. The molecule has 2 rings (SSSR count). The van der Waals surface area contributed by atoms with Gasteiger partial charge >= 0.3 is 5.97 Å². The van der Waals surface area contributed by atoms with Crippen molar-refractivity contribution in [2.24, 2.45) is 5.92 Å². The van der Waals surface area contributed by atoms with Crippen molar-refractivity contribution in [1.29, 1.82) is 0 Å². The van der Waals surface area contributed by atoms with Crippen LogP contribution in [0.1, 0.15) is 25.3 Å². The van der Waals surface area contributed by atoms with E-state index >= 15 is 0 Å². The first-order valence-electron chi connectivity index (χ1n) is 8.79. The Balaban J connectivity index is 1.84. The molecule has 138 valence electrons. The third-order valence-corrected chi connectivity index (χ3v) is 4.49. The van der Waals surface area contributed by atoms with E-state index in [4.69, 9.17) is 9.47 Å². The Morgan fingerprint density at radius 2 is 2.00 bits per heavy atom. The highest BCUT2D eigenvalue weighted by Crippen LogP contribution is 2.18. The van der Waals surface area contributed by atoms with E-state index in [1.165, 1.54) is 0 Å². The molecule has 1 fully saturated rings. The molecule has 0 aromatic heterocycles. The van der Waals surface area contributed by atoms with Crippen LogP contribution >= 0.6 is 0 Å². The number of hydrogen-bond donors (Lipinski definition) is 0. The highest BCUT2D eigenvalue weighted by Gasteiger charge is 2.28. The van der Waals surface area contributed by atoms with Gasteiger partial charge in [-0.05, 0) is 44.0 Å². The number of likely N-dealkylation sites (N-methyl/N-ethyl adjacent to an activating group) is 1. The van der Waals surface area contributed by atoms with Crippen molar-refractivity contribution < 1.29 is 19.1 Å². The SMILES string of the molecule is CCOC(=O)C1CCCN(CC(=O)N(C)Cc2ccc(OC)cc2)C1. The molecule has 0 spiro atoms. The van der Waals surface area contributed by atoms with Crippen LogP contribution in [-0.2, 0) is 20.9 Å². The Kier molecular flexibility index (Phi) is 7.25. The lowest BCUT2D eigenvalue weighted by Gasteiger charge is -2.32. The van der Waals surface area contributed by atoms with Crippen molar-refractivity contribution in [3.8, 4) is 5.75 Å². The zero-order chi connectivity index (χ0) is 18.2. The Bertz CT molecular complexity index is 573. The molecule has 1 aromatic rings. The smallest absolute Gasteiger partial charge is 0.310 e. The first kappa shape index (κ1) is 19.2. The molecule has 6 heteroatoms. The van der Waals surface area contributed by atoms with E-state index in [0.717, 1.165) is 30.7 Å². The minimum atomic E-state index is -0.147. The molecule has 25 heavy (non-hydrogen) atoms. The summed E-state index contributed by atoms with van der Waals surface area (Å²) in [5.41, 5.74) is 1.06. The Morgan fingerprint density at radius 1 is 1.28 bits per heavy atom. The topological polar surface area (TPSA) is 59.1 Å². The molecular formula is C19H28N2O4. The van der Waals surface area contributed by atoms with Gasteiger partial charge in [-0.15, -0.1) is 0 Å². The second kappa shape index (κ2) is 9.42. The Hall–Kier alpha value is -2.08. The monoisotopic (exact) mass is 348 g/mol. The quantitative estimate of drug-likeness (QED) is 0.705. The largest absolute Gasteiger partial charge is 0.497 e. The number of carbonyl (C=O) groups excluding carboxylic acids is 2. The van der Waals surface area contributed by atoms with Crippen molar-refractivity contribution >= 4 is 11.9 Å². The number of ether oxygens (including phenoxy) is 2. The number of esters is 1. The third-order valence-electron chi connectivity index (χ3n) is 4.49. The highest BCUT2D eigenvalue weighted by molar-refractivity contribution is 5.78. The average molecular weight is 348 g/mol. The highest BCUT2D eigenvalue weighted by atomic mass is 16.5. The fourth-order valence-electron chi connectivity index (χ4n) is 3.06. The fraction of sp³-hybridized carbons (Fsp3) is 0.579. The number of nitrogens with zero attached hydrogens (tertiary/aromatic N) is 2. The van der Waals surface area contributed by atoms with Crippen LogP contribution in [-0.4, -0.2) is 62.1 Å². The standard InChI is InChI=1S/C19H28N2O4/c1-4-25-19(23)16-6-5-11-21(13-16)14-18(22)20(2)12-15-7-9-17(24-3)10-8-15/h7-10,16H,4-6,11-14H2,1-3H3. The molecule has 1 unspecified atom stereocenters. The first-order chi connectivity index (χ1) is 12.0. The second-order valence-electron chi connectivity index (χ2n) is 6.42. The van der Waals surface area contributed by atoms with Gasteiger partial charge in [-0.2, -0.15) is 0 Å². The predicted octanol–water partition coefficient (Wildman–Crippen LogP) is 1.93. The van der Waals surface area contributed by atoms with Crippen LogP contribution < -0.4 is 4.74 Å². The van der Waals surface area contributed by atoms with E-state index in [2.05, 4.69) is 4.90 Å². The summed E-state index contributed by atoms with van der Waals surface area (Å²) in [6.45, 7) is 4.55. The van der Waals surface area contributed by atoms with Gasteiger partial charge in [0.15, 0.2) is 0 Å². The molecule has 1 heterocycles. The van der Waals surface area contributed by atoms with Crippen LogP contribution in [0.2, 0.25) is 0 Å². The van der Waals surface area contributed by atoms with Gasteiger partial charge in [0.1, 0.15) is 5.75 Å². The van der Waals surface area contributed by atoms with Gasteiger partial charge in [0.05, 0.1) is 26.2 Å². The zero-order valence-corrected chi connectivity index (χ0v) is 15.4. The summed E-state index contributed by atoms with van der Waals surface area (Å²) in [6.07, 6.45) is 1.75. The molecule has 1 amide bonds. The number of benzene rings is 1. The van der Waals surface area contributed by atoms with Crippen LogP contribution in [0.5, 0.6) is 5.75 Å². The molecule has 0 aliphatic carbocycles. The summed E-state index contributed by atoms with van der Waals surface area (Å²) in [7, 11) is 3.44. The summed E-state index contributed by atoms with van der Waals surface area (Å²) in [5.74, 6) is 0.594. The van der Waals surface area contributed by atoms with Crippen molar-refractivity contribution in [1.82, 2.24) is 9.80 Å². The number of likely N-dealkylation sites (tertiary alicyclic amines) is 1. The van der Waals surface area contributed by atoms with E-state index in [1.807, 2.05) is 31.2 Å². The summed E-state index contributed by atoms with van der Waals surface area (Å²) in [5, 5.41) is 0. The molecule has 1 aliphatic rings. The summed E-state index contributed by atoms with van der Waals surface area (Å²) in [6, 6.07) is 7.70. The maximum absolute atomic E-state index is 12.5. The fourth-order valence-corrected chi connectivity index (χ4v) is 3.06. The summed E-state index contributed by atoms with van der Waals surface area (Å²) >= 11 is 0. The molecule has 0 N–H and O–H groups in total. The number of methoxy groups -OCH3 is 1. The number of piperidine rings is 1. The van der Waals surface area contributed by atoms with Crippen molar-refractivity contribution in [2.45, 2.75) is 26.3 Å². The Labute approximate surface area is 149 Å². The molecule has 6 nitrogen and oxygen atoms in total. The maximum Gasteiger partial charge on any atom is 0.310 e. The number of hydrogen-bond acceptors (Lipinski definition) is 5. The third kappa shape index (κ3) is 5.74. The lowest BCUT2D eigenvalue weighted by molar-refractivity contribution is -0.150. The van der Waals surface area contributed by atoms with Gasteiger partial charge in [-0.25, -0.2) is 0 Å². The van der Waals surface area contributed by atoms with Gasteiger partial charge in [0.2, 0.25) is 5.91 Å². The van der Waals surface area contributed by atoms with Crippen LogP contribution in [0.3, 0.4) is 0 Å². The first-order valence-corrected chi connectivity index (χ1v) is 8.79. The van der Waals surface area contributed by atoms with E-state index < -0.39 is 0 Å². The average Bonchev–Trinajstić information content (AvgIpc) is 2.62. The van der Waals surface area contributed by atoms with Gasteiger partial charge < -0.3 is 14.4 Å². The normalized spacial score (nSPS) is 17.8. The van der Waals surface area contributed by atoms with Gasteiger partial charge in [-0.1, -0.05) is 12.1 Å². The maximum atomic E-state index is 12.5. The van der Waals surface area contributed by atoms with Gasteiger partial charge in [-0.3, -0.25) is 14.5 Å². The zero-order valence-electron chi connectivity index (χ0n) is 15.4. The van der Waals surface area contributed by atoms with Crippen LogP contribution in [0.4, 0.5) is 0 Å². The number of amides is 1.